The van der Waals surface area contributed by atoms with Gasteiger partial charge in [0.15, 0.2) is 5.65 Å². The number of rotatable bonds is 7. The van der Waals surface area contributed by atoms with Crippen LogP contribution in [0.15, 0.2) is 43.0 Å². The Morgan fingerprint density at radius 3 is 2.73 bits per heavy atom. The predicted octanol–water partition coefficient (Wildman–Crippen LogP) is 2.36. The molecule has 0 atom stereocenters. The fourth-order valence-corrected chi connectivity index (χ4v) is 3.77. The molecule has 0 aromatic carbocycles. The van der Waals surface area contributed by atoms with Gasteiger partial charge in [-0.3, -0.25) is 14.6 Å². The fraction of sp³-hybridized carbons (Fsp3) is 0.381. The first-order valence-corrected chi connectivity index (χ1v) is 10.1. The van der Waals surface area contributed by atoms with Gasteiger partial charge in [0.1, 0.15) is 11.4 Å². The molecule has 0 bridgehead atoms. The molecule has 1 saturated carbocycles. The van der Waals surface area contributed by atoms with Crippen LogP contribution < -0.4 is 10.6 Å². The van der Waals surface area contributed by atoms with Gasteiger partial charge in [-0.1, -0.05) is 6.07 Å². The number of carbonyl (C=O) groups excluding carboxylic acids is 1. The summed E-state index contributed by atoms with van der Waals surface area (Å²) in [6.07, 6.45) is 9.75. The van der Waals surface area contributed by atoms with Crippen LogP contribution in [0.3, 0.4) is 0 Å². The second-order valence-corrected chi connectivity index (χ2v) is 7.62. The molecule has 1 aliphatic carbocycles. The Hall–Kier alpha value is -3.49. The third-order valence-electron chi connectivity index (χ3n) is 5.56. The molecule has 156 valence electrons. The molecule has 3 heterocycles. The highest BCUT2D eigenvalue weighted by Gasteiger charge is 2.26. The van der Waals surface area contributed by atoms with E-state index >= 15 is 0 Å². The van der Waals surface area contributed by atoms with Crippen LogP contribution in [0, 0.1) is 11.8 Å². The van der Waals surface area contributed by atoms with Gasteiger partial charge in [0.05, 0.1) is 12.1 Å². The van der Waals surface area contributed by atoms with Gasteiger partial charge in [0.25, 0.3) is 5.91 Å². The Labute approximate surface area is 173 Å². The highest BCUT2D eigenvalue weighted by molar-refractivity contribution is 5.99. The Morgan fingerprint density at radius 1 is 1.17 bits per heavy atom. The molecular formula is C21H24N6O3. The van der Waals surface area contributed by atoms with Crippen molar-refractivity contribution < 1.29 is 14.7 Å². The van der Waals surface area contributed by atoms with E-state index in [4.69, 9.17) is 5.11 Å². The van der Waals surface area contributed by atoms with Crippen LogP contribution in [0.5, 0.6) is 0 Å². The van der Waals surface area contributed by atoms with Crippen LogP contribution in [0.1, 0.15) is 41.6 Å². The summed E-state index contributed by atoms with van der Waals surface area (Å²) in [5.74, 6) is -0.243. The normalized spacial score (nSPS) is 18.8. The minimum atomic E-state index is -0.720. The van der Waals surface area contributed by atoms with E-state index in [0.717, 1.165) is 18.4 Å². The topological polar surface area (TPSA) is 122 Å². The van der Waals surface area contributed by atoms with Gasteiger partial charge in [-0.05, 0) is 49.3 Å². The van der Waals surface area contributed by atoms with Crippen molar-refractivity contribution in [2.24, 2.45) is 11.8 Å². The highest BCUT2D eigenvalue weighted by Crippen LogP contribution is 2.28. The number of fused-ring (bicyclic) bond motifs is 1. The molecule has 4 rings (SSSR count). The van der Waals surface area contributed by atoms with Crippen LogP contribution in [-0.2, 0) is 11.3 Å². The van der Waals surface area contributed by atoms with Crippen molar-refractivity contribution in [1.29, 1.82) is 0 Å². The number of hydrogen-bond acceptors (Lipinski definition) is 6. The second kappa shape index (κ2) is 8.89. The highest BCUT2D eigenvalue weighted by atomic mass is 16.4. The van der Waals surface area contributed by atoms with Crippen LogP contribution in [-0.4, -0.2) is 43.1 Å². The smallest absolute Gasteiger partial charge is 0.306 e. The number of anilines is 1. The fourth-order valence-electron chi connectivity index (χ4n) is 3.77. The lowest BCUT2D eigenvalue weighted by atomic mass is 9.82. The molecule has 0 unspecified atom stereocenters. The van der Waals surface area contributed by atoms with E-state index in [0.29, 0.717) is 48.9 Å². The van der Waals surface area contributed by atoms with Gasteiger partial charge in [-0.25, -0.2) is 9.50 Å². The van der Waals surface area contributed by atoms with Crippen molar-refractivity contribution in [3.63, 3.8) is 0 Å². The lowest BCUT2D eigenvalue weighted by Crippen LogP contribution is -2.32. The summed E-state index contributed by atoms with van der Waals surface area (Å²) in [6, 6.07) is 5.65. The Balaban J connectivity index is 1.37. The molecule has 0 spiro atoms. The summed E-state index contributed by atoms with van der Waals surface area (Å²) >= 11 is 0. The summed E-state index contributed by atoms with van der Waals surface area (Å²) in [5.41, 5.74) is 1.93. The van der Waals surface area contributed by atoms with E-state index in [1.165, 1.54) is 6.20 Å². The zero-order valence-electron chi connectivity index (χ0n) is 16.5. The number of nitrogens with zero attached hydrogens (tertiary/aromatic N) is 4. The standard InChI is InChI=1S/C21H24N6O3/c28-20(24-11-14-3-5-16(6-4-14)21(29)30)17-13-25-27-9-7-18(26-19(17)27)23-12-15-2-1-8-22-10-15/h1-2,7-10,13-14,16H,3-6,11-12H2,(H,23,26)(H,24,28)(H,29,30). The maximum Gasteiger partial charge on any atom is 0.306 e. The number of pyridine rings is 1. The van der Waals surface area contributed by atoms with Crippen LogP contribution in [0.25, 0.3) is 5.65 Å². The van der Waals surface area contributed by atoms with E-state index < -0.39 is 5.97 Å². The van der Waals surface area contributed by atoms with E-state index in [1.807, 2.05) is 12.1 Å². The largest absolute Gasteiger partial charge is 0.481 e. The van der Waals surface area contributed by atoms with Crippen LogP contribution >= 0.6 is 0 Å². The van der Waals surface area contributed by atoms with Crippen molar-refractivity contribution in [2.75, 3.05) is 11.9 Å². The Morgan fingerprint density at radius 2 is 2.00 bits per heavy atom. The number of aromatic nitrogens is 4. The van der Waals surface area contributed by atoms with Crippen molar-refractivity contribution in [3.8, 4) is 0 Å². The molecule has 0 radical (unpaired) electrons. The number of carbonyl (C=O) groups is 2. The second-order valence-electron chi connectivity index (χ2n) is 7.62. The van der Waals surface area contributed by atoms with Crippen molar-refractivity contribution >= 4 is 23.3 Å². The van der Waals surface area contributed by atoms with E-state index in [1.54, 1.807) is 29.2 Å². The van der Waals surface area contributed by atoms with Gasteiger partial charge in [0.2, 0.25) is 0 Å². The summed E-state index contributed by atoms with van der Waals surface area (Å²) < 4.78 is 1.57. The molecule has 3 aromatic heterocycles. The average molecular weight is 408 g/mol. The monoisotopic (exact) mass is 408 g/mol. The lowest BCUT2D eigenvalue weighted by molar-refractivity contribution is -0.143. The number of amides is 1. The summed E-state index contributed by atoms with van der Waals surface area (Å²) in [4.78, 5) is 32.4. The molecule has 0 aliphatic heterocycles. The minimum absolute atomic E-state index is 0.220. The van der Waals surface area contributed by atoms with Crippen molar-refractivity contribution in [1.82, 2.24) is 24.9 Å². The molecule has 9 nitrogen and oxygen atoms in total. The first kappa shape index (κ1) is 19.8. The van der Waals surface area contributed by atoms with Crippen LogP contribution in [0.4, 0.5) is 5.82 Å². The molecule has 1 aliphatic rings. The molecule has 9 heteroatoms. The van der Waals surface area contributed by atoms with Crippen molar-refractivity contribution in [2.45, 2.75) is 32.2 Å². The number of hydrogen-bond donors (Lipinski definition) is 3. The maximum atomic E-state index is 12.7. The SMILES string of the molecule is O=C(NCC1CCC(C(=O)O)CC1)c1cnn2ccc(NCc3cccnc3)nc12. The number of aliphatic carboxylic acids is 1. The zero-order valence-corrected chi connectivity index (χ0v) is 16.5. The maximum absolute atomic E-state index is 12.7. The number of nitrogens with one attached hydrogen (secondary N) is 2. The van der Waals surface area contributed by atoms with Gasteiger partial charge >= 0.3 is 5.97 Å². The van der Waals surface area contributed by atoms with E-state index in [-0.39, 0.29) is 11.8 Å². The van der Waals surface area contributed by atoms with Gasteiger partial charge in [-0.2, -0.15) is 5.10 Å². The summed E-state index contributed by atoms with van der Waals surface area (Å²) in [5, 5.41) is 19.5. The van der Waals surface area contributed by atoms with Crippen molar-refractivity contribution in [3.05, 3.63) is 54.1 Å². The van der Waals surface area contributed by atoms with Crippen LogP contribution in [0.2, 0.25) is 0 Å². The molecule has 3 aromatic rings. The van der Waals surface area contributed by atoms with E-state index in [2.05, 4.69) is 25.7 Å². The number of carboxylic acids is 1. The summed E-state index contributed by atoms with van der Waals surface area (Å²) in [7, 11) is 0. The molecule has 30 heavy (non-hydrogen) atoms. The molecule has 0 saturated heterocycles. The minimum Gasteiger partial charge on any atom is -0.481 e. The lowest BCUT2D eigenvalue weighted by Gasteiger charge is -2.26. The summed E-state index contributed by atoms with van der Waals surface area (Å²) in [6.45, 7) is 1.10. The Bertz CT molecular complexity index is 1030. The first-order chi connectivity index (χ1) is 14.6. The molecular weight excluding hydrogens is 384 g/mol. The predicted molar refractivity (Wildman–Crippen MR) is 110 cm³/mol. The zero-order chi connectivity index (χ0) is 20.9. The Kier molecular flexibility index (Phi) is 5.87. The third-order valence-corrected chi connectivity index (χ3v) is 5.56. The van der Waals surface area contributed by atoms with Gasteiger partial charge < -0.3 is 15.7 Å². The quantitative estimate of drug-likeness (QED) is 0.549. The van der Waals surface area contributed by atoms with E-state index in [9.17, 15) is 9.59 Å². The molecule has 1 fully saturated rings. The molecule has 3 N–H and O–H groups in total. The average Bonchev–Trinajstić information content (AvgIpc) is 3.20. The first-order valence-electron chi connectivity index (χ1n) is 10.1. The molecule has 1 amide bonds. The third kappa shape index (κ3) is 4.56. The van der Waals surface area contributed by atoms with Gasteiger partial charge in [-0.15, -0.1) is 0 Å². The number of carboxylic acid groups (broad SMARTS) is 1. The van der Waals surface area contributed by atoms with Gasteiger partial charge in [0, 0.05) is 31.7 Å².